The molecule has 0 aliphatic heterocycles. The first-order valence-corrected chi connectivity index (χ1v) is 24.9. The minimum Gasteiger partial charge on any atom is -0.465 e. The molecule has 0 bridgehead atoms. The van der Waals surface area contributed by atoms with Gasteiger partial charge in [-0.05, 0) is 12.8 Å². The van der Waals surface area contributed by atoms with Crippen molar-refractivity contribution >= 4 is 39.9 Å². The molecule has 1 aromatic heterocycles. The Morgan fingerprint density at radius 1 is 0.350 bits per heavy atom. The van der Waals surface area contributed by atoms with Gasteiger partial charge in [0.25, 0.3) is 0 Å². The van der Waals surface area contributed by atoms with E-state index in [1.54, 1.807) is 0 Å². The maximum atomic E-state index is 15.4. The number of ether oxygens (including phenoxy) is 2. The van der Waals surface area contributed by atoms with Crippen LogP contribution in [0.25, 0.3) is 0 Å². The van der Waals surface area contributed by atoms with Crippen LogP contribution < -0.4 is 26.4 Å². The number of methoxy groups -OCH3 is 2. The van der Waals surface area contributed by atoms with Gasteiger partial charge in [-0.2, -0.15) is 0 Å². The minimum atomic E-state index is -7.22. The molecule has 5 nitrogen and oxygen atoms in total. The Bertz CT molecular complexity index is 2650. The Labute approximate surface area is 445 Å². The van der Waals surface area contributed by atoms with Gasteiger partial charge in [0.1, 0.15) is 58.3 Å². The lowest BCUT2D eigenvalue weighted by Crippen LogP contribution is -2.81. The minimum absolute atomic E-state index is 0.0345. The van der Waals surface area contributed by atoms with Crippen molar-refractivity contribution in [1.82, 2.24) is 0 Å². The first kappa shape index (κ1) is 65.9. The van der Waals surface area contributed by atoms with E-state index in [2.05, 4.69) is 6.92 Å². The summed E-state index contributed by atoms with van der Waals surface area (Å²) in [6, 6.07) is 5.81. The summed E-state index contributed by atoms with van der Waals surface area (Å²) < 4.78 is 306. The number of hydrogen-bond donors (Lipinski definition) is 0. The fourth-order valence-electron chi connectivity index (χ4n) is 9.38. The van der Waals surface area contributed by atoms with E-state index in [0.717, 1.165) is 18.4 Å². The van der Waals surface area contributed by atoms with E-state index in [4.69, 9.17) is 9.47 Å². The van der Waals surface area contributed by atoms with Crippen molar-refractivity contribution in [2.24, 2.45) is 0 Å². The average molecular weight is 1170 g/mol. The van der Waals surface area contributed by atoms with Crippen LogP contribution in [0, 0.1) is 116 Å². The largest absolute Gasteiger partial charge is 0.465 e. The third kappa shape index (κ3) is 13.9. The number of carbonyl (C=O) groups excluding carboxylic acids is 2. The van der Waals surface area contributed by atoms with E-state index in [1.165, 1.54) is 104 Å². The van der Waals surface area contributed by atoms with Crippen LogP contribution in [0.3, 0.4) is 0 Å². The van der Waals surface area contributed by atoms with Crippen molar-refractivity contribution in [3.8, 4) is 0 Å². The summed E-state index contributed by atoms with van der Waals surface area (Å²) in [5.74, 6) is -72.7. The first-order chi connectivity index (χ1) is 37.8. The molecule has 0 saturated carbocycles. The van der Waals surface area contributed by atoms with Crippen molar-refractivity contribution in [3.63, 3.8) is 0 Å². The van der Waals surface area contributed by atoms with Crippen molar-refractivity contribution in [1.29, 1.82) is 0 Å². The SMILES string of the molecule is CCCCCCCCCCCCCCCCCCC(C[n+]1ccccc1)=C(C(=O)OC)C(=O)OC.Fc1c(F)c(F)c([B-](c2c(F)c(F)c(F)c(F)c2F)(c2c(F)c(F)c(F)c(F)c2F)c2c(F)c(F)c(F)c(F)c2F)c(F)c1F. The maximum Gasteiger partial charge on any atom is 0.345 e. The zero-order chi connectivity index (χ0) is 59.9. The summed E-state index contributed by atoms with van der Waals surface area (Å²) in [7, 11) is 2.60. The second kappa shape index (κ2) is 29.7. The van der Waals surface area contributed by atoms with E-state index in [-0.39, 0.29) is 5.57 Å². The van der Waals surface area contributed by atoms with Crippen LogP contribution in [0.15, 0.2) is 41.7 Å². The standard InChI is InChI=1S/C30H50NO4.C24BF20/c1-4-5-6-7-8-9-10-11-12-13-14-15-16-17-18-20-23-27(26-31-24-21-19-22-25-31)28(29(32)34-2)30(33)35-3;26-5-1(6(27)14(35)21(42)13(5)34)25(2-7(28)15(36)22(43)16(37)8(2)29,3-9(30)17(38)23(44)18(39)10(3)31)4-11(32)19(40)24(45)20(41)12(4)33/h19,21-22,24-25H,4-18,20,23,26H2,1-3H3;/q+1;-1. The molecule has 80 heavy (non-hydrogen) atoms. The van der Waals surface area contributed by atoms with Crippen LogP contribution in [-0.2, 0) is 25.6 Å². The van der Waals surface area contributed by atoms with E-state index in [9.17, 15) is 62.3 Å². The van der Waals surface area contributed by atoms with Gasteiger partial charge in [-0.25, -0.2) is 102 Å². The fourth-order valence-corrected chi connectivity index (χ4v) is 9.38. The Balaban J connectivity index is 0.000000357. The number of rotatable bonds is 25. The average Bonchev–Trinajstić information content (AvgIpc) is 2.17. The molecular formula is C54H50BF20NO4. The van der Waals surface area contributed by atoms with Gasteiger partial charge < -0.3 is 9.47 Å². The molecule has 0 radical (unpaired) electrons. The lowest BCUT2D eigenvalue weighted by atomic mass is 9.12. The van der Waals surface area contributed by atoms with E-state index in [1.807, 2.05) is 35.2 Å². The summed E-state index contributed by atoms with van der Waals surface area (Å²) in [6.07, 6.45) is 18.4. The summed E-state index contributed by atoms with van der Waals surface area (Å²) in [4.78, 5) is 24.7. The second-order valence-corrected chi connectivity index (χ2v) is 18.4. The summed E-state index contributed by atoms with van der Waals surface area (Å²) in [5, 5.41) is 0. The Morgan fingerprint density at radius 2 is 0.575 bits per heavy atom. The normalized spacial score (nSPS) is 11.4. The quantitative estimate of drug-likeness (QED) is 0.00558. The van der Waals surface area contributed by atoms with Crippen LogP contribution in [0.2, 0.25) is 0 Å². The van der Waals surface area contributed by atoms with Crippen molar-refractivity contribution in [2.75, 3.05) is 14.2 Å². The van der Waals surface area contributed by atoms with Gasteiger partial charge >= 0.3 is 11.9 Å². The number of pyridine rings is 1. The van der Waals surface area contributed by atoms with Crippen LogP contribution in [-0.4, -0.2) is 32.3 Å². The fraction of sp³-hybridized carbons (Fsp3) is 0.389. The zero-order valence-corrected chi connectivity index (χ0v) is 42.8. The lowest BCUT2D eigenvalue weighted by molar-refractivity contribution is -0.689. The van der Waals surface area contributed by atoms with Crippen molar-refractivity contribution in [3.05, 3.63) is 158 Å². The van der Waals surface area contributed by atoms with Crippen molar-refractivity contribution < 1.29 is 111 Å². The molecule has 0 unspecified atom stereocenters. The highest BCUT2D eigenvalue weighted by molar-refractivity contribution is 7.20. The van der Waals surface area contributed by atoms with Gasteiger partial charge in [0.15, 0.2) is 88.7 Å². The number of esters is 2. The monoisotopic (exact) mass is 1170 g/mol. The van der Waals surface area contributed by atoms with Gasteiger partial charge in [0.05, 0.1) is 14.2 Å². The van der Waals surface area contributed by atoms with Gasteiger partial charge in [0.2, 0.25) is 0 Å². The molecule has 0 amide bonds. The van der Waals surface area contributed by atoms with Crippen LogP contribution >= 0.6 is 0 Å². The number of unbranched alkanes of at least 4 members (excludes halogenated alkanes) is 15. The number of carbonyl (C=O) groups is 2. The molecule has 4 aromatic carbocycles. The van der Waals surface area contributed by atoms with Crippen LogP contribution in [0.5, 0.6) is 0 Å². The predicted octanol–water partition coefficient (Wildman–Crippen LogP) is 13.1. The molecule has 0 spiro atoms. The number of benzene rings is 4. The Morgan fingerprint density at radius 3 is 0.812 bits per heavy atom. The highest BCUT2D eigenvalue weighted by Crippen LogP contribution is 2.31. The molecule has 0 aliphatic rings. The highest BCUT2D eigenvalue weighted by Gasteiger charge is 2.52. The smallest absolute Gasteiger partial charge is 0.345 e. The maximum absolute atomic E-state index is 15.4. The molecule has 0 aliphatic carbocycles. The number of nitrogens with zero attached hydrogens (tertiary/aromatic N) is 1. The molecule has 0 N–H and O–H groups in total. The Kier molecular flexibility index (Phi) is 24.5. The first-order valence-electron chi connectivity index (χ1n) is 24.9. The predicted molar refractivity (Wildman–Crippen MR) is 251 cm³/mol. The number of allylic oxidation sites excluding steroid dienone is 1. The van der Waals surface area contributed by atoms with Gasteiger partial charge in [0, 0.05) is 17.7 Å². The van der Waals surface area contributed by atoms with Gasteiger partial charge in [-0.3, -0.25) is 0 Å². The number of halogens is 20. The summed E-state index contributed by atoms with van der Waals surface area (Å²) >= 11 is 0. The third-order valence-corrected chi connectivity index (χ3v) is 13.3. The summed E-state index contributed by atoms with van der Waals surface area (Å²) in [5.41, 5.74) is -13.5. The number of hydrogen-bond acceptors (Lipinski definition) is 4. The van der Waals surface area contributed by atoms with E-state index in [0.29, 0.717) is 13.0 Å². The van der Waals surface area contributed by atoms with Crippen LogP contribution in [0.4, 0.5) is 87.8 Å². The van der Waals surface area contributed by atoms with Crippen molar-refractivity contribution in [2.45, 2.75) is 123 Å². The highest BCUT2D eigenvalue weighted by atomic mass is 19.2. The third-order valence-electron chi connectivity index (χ3n) is 13.3. The Hall–Kier alpha value is -6.63. The lowest BCUT2D eigenvalue weighted by Gasteiger charge is -2.44. The van der Waals surface area contributed by atoms with Gasteiger partial charge in [-0.15, -0.1) is 21.9 Å². The molecule has 5 rings (SSSR count). The molecule has 1 heterocycles. The molecule has 5 aromatic rings. The zero-order valence-electron chi connectivity index (χ0n) is 42.8. The molecular weight excluding hydrogens is 1120 g/mol. The topological polar surface area (TPSA) is 56.5 Å². The molecule has 0 saturated heterocycles. The second-order valence-electron chi connectivity index (χ2n) is 18.4. The van der Waals surface area contributed by atoms with E-state index < -0.39 is 156 Å². The van der Waals surface area contributed by atoms with Crippen LogP contribution in [0.1, 0.15) is 116 Å². The molecule has 26 heteroatoms. The van der Waals surface area contributed by atoms with E-state index >= 15 is 35.1 Å². The summed E-state index contributed by atoms with van der Waals surface area (Å²) in [6.45, 7) is 2.74. The molecule has 438 valence electrons. The van der Waals surface area contributed by atoms with Gasteiger partial charge in [-0.1, -0.05) is 109 Å². The molecule has 0 fully saturated rings. The molecule has 0 atom stereocenters. The number of aromatic nitrogens is 1.